The van der Waals surface area contributed by atoms with Gasteiger partial charge in [0.2, 0.25) is 5.91 Å². The Morgan fingerprint density at radius 1 is 0.964 bits per heavy atom. The van der Waals surface area contributed by atoms with Crippen molar-refractivity contribution in [3.05, 3.63) is 83.0 Å². The highest BCUT2D eigenvalue weighted by Crippen LogP contribution is 2.20. The Hall–Kier alpha value is -2.71. The van der Waals surface area contributed by atoms with Crippen LogP contribution in [0.3, 0.4) is 0 Å². The molecule has 2 aromatic carbocycles. The molecule has 0 fully saturated rings. The summed E-state index contributed by atoms with van der Waals surface area (Å²) in [7, 11) is -3.58. The third-order valence-electron chi connectivity index (χ3n) is 3.98. The molecule has 0 saturated heterocycles. The van der Waals surface area contributed by atoms with Crippen molar-refractivity contribution in [3.8, 4) is 0 Å². The molecule has 1 amide bonds. The van der Waals surface area contributed by atoms with Gasteiger partial charge in [0.05, 0.1) is 6.42 Å². The van der Waals surface area contributed by atoms with Gasteiger partial charge in [0.15, 0.2) is 0 Å². The van der Waals surface area contributed by atoms with Gasteiger partial charge in [0, 0.05) is 12.2 Å². The van der Waals surface area contributed by atoms with Crippen molar-refractivity contribution < 1.29 is 17.6 Å². The van der Waals surface area contributed by atoms with Crippen molar-refractivity contribution in [2.45, 2.75) is 17.1 Å². The molecule has 3 rings (SSSR count). The van der Waals surface area contributed by atoms with Gasteiger partial charge in [0.25, 0.3) is 10.0 Å². The van der Waals surface area contributed by atoms with Gasteiger partial charge in [-0.3, -0.25) is 9.52 Å². The van der Waals surface area contributed by atoms with Gasteiger partial charge in [-0.05, 0) is 53.3 Å². The summed E-state index contributed by atoms with van der Waals surface area (Å²) in [5.74, 6) is -0.414. The van der Waals surface area contributed by atoms with Crippen LogP contribution in [0.2, 0.25) is 0 Å². The molecule has 0 unspecified atom stereocenters. The van der Waals surface area contributed by atoms with Crippen molar-refractivity contribution in [1.82, 2.24) is 5.32 Å². The molecule has 0 bridgehead atoms. The van der Waals surface area contributed by atoms with Crippen molar-refractivity contribution in [1.29, 1.82) is 0 Å². The van der Waals surface area contributed by atoms with Crippen molar-refractivity contribution >= 4 is 33.0 Å². The molecule has 28 heavy (non-hydrogen) atoms. The number of carbonyl (C=O) groups is 1. The van der Waals surface area contributed by atoms with E-state index in [1.54, 1.807) is 47.8 Å². The summed E-state index contributed by atoms with van der Waals surface area (Å²) in [6, 6.07) is 16.1. The van der Waals surface area contributed by atoms with E-state index in [1.165, 1.54) is 18.2 Å². The summed E-state index contributed by atoms with van der Waals surface area (Å²) < 4.78 is 40.0. The van der Waals surface area contributed by atoms with E-state index < -0.39 is 10.0 Å². The maximum absolute atomic E-state index is 12.9. The number of nitrogens with one attached hydrogen (secondary N) is 2. The first kappa shape index (κ1) is 20.0. The lowest BCUT2D eigenvalue weighted by molar-refractivity contribution is -0.120. The third-order valence-corrected chi connectivity index (χ3v) is 6.76. The quantitative estimate of drug-likeness (QED) is 0.587. The lowest BCUT2D eigenvalue weighted by atomic mass is 10.1. The van der Waals surface area contributed by atoms with E-state index in [9.17, 15) is 17.6 Å². The standard InChI is InChI=1S/C20H19FN2O3S2/c21-17-7-3-15(4-8-17)11-12-22-19(24)14-16-5-9-18(10-6-16)23-28(25,26)20-2-1-13-27-20/h1-10,13,23H,11-12,14H2,(H,22,24). The molecule has 0 aliphatic heterocycles. The van der Waals surface area contributed by atoms with Crippen molar-refractivity contribution in [2.75, 3.05) is 11.3 Å². The molecule has 0 radical (unpaired) electrons. The first-order valence-corrected chi connectivity index (χ1v) is 10.9. The molecule has 0 atom stereocenters. The predicted molar refractivity (Wildman–Crippen MR) is 108 cm³/mol. The van der Waals surface area contributed by atoms with E-state index in [-0.39, 0.29) is 22.4 Å². The Morgan fingerprint density at radius 3 is 2.29 bits per heavy atom. The number of amides is 1. The Morgan fingerprint density at radius 2 is 1.64 bits per heavy atom. The first-order valence-electron chi connectivity index (χ1n) is 8.59. The molecule has 5 nitrogen and oxygen atoms in total. The zero-order valence-electron chi connectivity index (χ0n) is 14.9. The monoisotopic (exact) mass is 418 g/mol. The maximum Gasteiger partial charge on any atom is 0.271 e. The van der Waals surface area contributed by atoms with E-state index in [1.807, 2.05) is 0 Å². The molecule has 146 valence electrons. The maximum atomic E-state index is 12.9. The molecule has 1 aromatic heterocycles. The van der Waals surface area contributed by atoms with Crippen molar-refractivity contribution in [3.63, 3.8) is 0 Å². The van der Waals surface area contributed by atoms with Crippen molar-refractivity contribution in [2.24, 2.45) is 0 Å². The molecular formula is C20H19FN2O3S2. The lowest BCUT2D eigenvalue weighted by Crippen LogP contribution is -2.27. The van der Waals surface area contributed by atoms with E-state index in [0.29, 0.717) is 18.7 Å². The normalized spacial score (nSPS) is 11.2. The summed E-state index contributed by atoms with van der Waals surface area (Å²) in [4.78, 5) is 12.0. The SMILES string of the molecule is O=C(Cc1ccc(NS(=O)(=O)c2cccs2)cc1)NCCc1ccc(F)cc1. The Balaban J connectivity index is 1.48. The van der Waals surface area contributed by atoms with Crippen LogP contribution in [0.4, 0.5) is 10.1 Å². The number of thiophene rings is 1. The van der Waals surface area contributed by atoms with Crippen LogP contribution in [0.15, 0.2) is 70.3 Å². The second-order valence-corrected chi connectivity index (χ2v) is 8.99. The van der Waals surface area contributed by atoms with E-state index in [0.717, 1.165) is 22.5 Å². The van der Waals surface area contributed by atoms with Crippen LogP contribution in [0.5, 0.6) is 0 Å². The third kappa shape index (κ3) is 5.64. The fourth-order valence-corrected chi connectivity index (χ4v) is 4.61. The van der Waals surface area contributed by atoms with E-state index >= 15 is 0 Å². The number of carbonyl (C=O) groups excluding carboxylic acids is 1. The van der Waals surface area contributed by atoms with Crippen LogP contribution in [0, 0.1) is 5.82 Å². The van der Waals surface area contributed by atoms with Gasteiger partial charge in [-0.1, -0.05) is 30.3 Å². The van der Waals surface area contributed by atoms with Crippen LogP contribution < -0.4 is 10.0 Å². The number of benzene rings is 2. The Labute approximate surface area is 167 Å². The number of halogens is 1. The molecule has 0 spiro atoms. The van der Waals surface area contributed by atoms with Crippen LogP contribution in [-0.2, 0) is 27.7 Å². The van der Waals surface area contributed by atoms with Crippen LogP contribution in [0.1, 0.15) is 11.1 Å². The van der Waals surface area contributed by atoms with Crippen LogP contribution in [0.25, 0.3) is 0 Å². The molecule has 0 aliphatic rings. The largest absolute Gasteiger partial charge is 0.355 e. The minimum atomic E-state index is -3.58. The summed E-state index contributed by atoms with van der Waals surface area (Å²) in [6.07, 6.45) is 0.816. The van der Waals surface area contributed by atoms with Gasteiger partial charge >= 0.3 is 0 Å². The number of hydrogen-bond donors (Lipinski definition) is 2. The molecule has 0 saturated carbocycles. The number of sulfonamides is 1. The topological polar surface area (TPSA) is 75.3 Å². The second kappa shape index (κ2) is 8.99. The highest BCUT2D eigenvalue weighted by Gasteiger charge is 2.15. The molecule has 0 aliphatic carbocycles. The number of hydrogen-bond acceptors (Lipinski definition) is 4. The van der Waals surface area contributed by atoms with E-state index in [4.69, 9.17) is 0 Å². The molecule has 2 N–H and O–H groups in total. The van der Waals surface area contributed by atoms with Gasteiger partial charge < -0.3 is 5.32 Å². The summed E-state index contributed by atoms with van der Waals surface area (Å²) in [6.45, 7) is 0.461. The van der Waals surface area contributed by atoms with Crippen LogP contribution >= 0.6 is 11.3 Å². The highest BCUT2D eigenvalue weighted by atomic mass is 32.2. The fourth-order valence-electron chi connectivity index (χ4n) is 2.56. The number of rotatable bonds is 8. The first-order chi connectivity index (χ1) is 13.4. The predicted octanol–water partition coefficient (Wildman–Crippen LogP) is 3.59. The Kier molecular flexibility index (Phi) is 6.43. The van der Waals surface area contributed by atoms with E-state index in [2.05, 4.69) is 10.0 Å². The average molecular weight is 419 g/mol. The minimum Gasteiger partial charge on any atom is -0.355 e. The van der Waals surface area contributed by atoms with Gasteiger partial charge in [-0.25, -0.2) is 12.8 Å². The summed E-state index contributed by atoms with van der Waals surface area (Å²) >= 11 is 1.15. The number of anilines is 1. The highest BCUT2D eigenvalue weighted by molar-refractivity contribution is 7.94. The fraction of sp³-hybridized carbons (Fsp3) is 0.150. The zero-order valence-corrected chi connectivity index (χ0v) is 16.5. The molecule has 8 heteroatoms. The van der Waals surface area contributed by atoms with Gasteiger partial charge in [-0.15, -0.1) is 11.3 Å². The van der Waals surface area contributed by atoms with Crippen LogP contribution in [-0.4, -0.2) is 20.9 Å². The molecular weight excluding hydrogens is 399 g/mol. The lowest BCUT2D eigenvalue weighted by Gasteiger charge is -2.08. The minimum absolute atomic E-state index is 0.131. The van der Waals surface area contributed by atoms with Gasteiger partial charge in [-0.2, -0.15) is 0 Å². The zero-order chi connectivity index (χ0) is 20.0. The smallest absolute Gasteiger partial charge is 0.271 e. The molecule has 1 heterocycles. The second-order valence-electron chi connectivity index (χ2n) is 6.14. The Bertz CT molecular complexity index is 1020. The molecule has 3 aromatic rings. The summed E-state index contributed by atoms with van der Waals surface area (Å²) in [5.41, 5.74) is 2.16. The average Bonchev–Trinajstić information content (AvgIpc) is 3.21. The summed E-state index contributed by atoms with van der Waals surface area (Å²) in [5, 5.41) is 4.52. The van der Waals surface area contributed by atoms with Gasteiger partial charge in [0.1, 0.15) is 10.0 Å².